The first-order valence-electron chi connectivity index (χ1n) is 3.22. The summed E-state index contributed by atoms with van der Waals surface area (Å²) >= 11 is 0. The largest absolute Gasteiger partial charge is 0.542 e. The van der Waals surface area contributed by atoms with Gasteiger partial charge in [0, 0.05) is 16.5 Å². The third-order valence-electron chi connectivity index (χ3n) is 1.52. The van der Waals surface area contributed by atoms with Gasteiger partial charge < -0.3 is 4.79 Å². The Morgan fingerprint density at radius 2 is 1.55 bits per heavy atom. The minimum Gasteiger partial charge on any atom is -0.542 e. The molecule has 0 atom stereocenters. The van der Waals surface area contributed by atoms with E-state index in [0.717, 1.165) is 12.8 Å². The minimum absolute atomic E-state index is 0. The van der Waals surface area contributed by atoms with E-state index in [1.54, 1.807) is 0 Å². The standard InChI is InChI=1S/C6H9O.CO2.Ni/c7-5-6-3-1-2-4-6;2-1-3;/h6H,1-4H2;;/q-1;;. The zero-order valence-electron chi connectivity index (χ0n) is 5.95. The molecule has 0 aromatic rings. The van der Waals surface area contributed by atoms with Crippen molar-refractivity contribution in [3.63, 3.8) is 0 Å². The quantitative estimate of drug-likeness (QED) is 0.462. The molecule has 0 bridgehead atoms. The molecule has 0 unspecified atom stereocenters. The van der Waals surface area contributed by atoms with Crippen molar-refractivity contribution in [2.24, 2.45) is 5.92 Å². The molecule has 0 radical (unpaired) electrons. The van der Waals surface area contributed by atoms with E-state index in [0.29, 0.717) is 5.92 Å². The van der Waals surface area contributed by atoms with E-state index >= 15 is 0 Å². The molecule has 1 rings (SSSR count). The molecule has 0 heterocycles. The van der Waals surface area contributed by atoms with Crippen LogP contribution >= 0.6 is 0 Å². The predicted molar refractivity (Wildman–Crippen MR) is 32.7 cm³/mol. The van der Waals surface area contributed by atoms with Crippen molar-refractivity contribution < 1.29 is 30.9 Å². The van der Waals surface area contributed by atoms with Gasteiger partial charge in [-0.05, 0) is 0 Å². The zero-order chi connectivity index (χ0) is 7.82. The van der Waals surface area contributed by atoms with Crippen LogP contribution < -0.4 is 0 Å². The molecule has 0 aliphatic heterocycles. The average Bonchev–Trinajstić information content (AvgIpc) is 2.39. The topological polar surface area (TPSA) is 51.2 Å². The molecular weight excluding hydrogens is 191 g/mol. The smallest absolute Gasteiger partial charge is 0.373 e. The molecule has 0 N–H and O–H groups in total. The molecule has 1 saturated carbocycles. The average molecular weight is 200 g/mol. The SMILES string of the molecule is O=C=O.O=[C-]C1CCCC1.[Ni]. The zero-order valence-corrected chi connectivity index (χ0v) is 6.93. The molecule has 11 heavy (non-hydrogen) atoms. The van der Waals surface area contributed by atoms with Gasteiger partial charge >= 0.3 is 6.15 Å². The fourth-order valence-corrected chi connectivity index (χ4v) is 1.04. The van der Waals surface area contributed by atoms with Crippen molar-refractivity contribution in [3.8, 4) is 0 Å². The van der Waals surface area contributed by atoms with Gasteiger partial charge in [-0.3, -0.25) is 6.29 Å². The van der Waals surface area contributed by atoms with Crippen molar-refractivity contribution in [1.29, 1.82) is 0 Å². The van der Waals surface area contributed by atoms with Crippen LogP contribution in [0.1, 0.15) is 25.7 Å². The van der Waals surface area contributed by atoms with Crippen LogP contribution in [-0.2, 0) is 30.9 Å². The molecule has 0 aromatic heterocycles. The van der Waals surface area contributed by atoms with E-state index in [-0.39, 0.29) is 22.6 Å². The van der Waals surface area contributed by atoms with Gasteiger partial charge in [-0.1, -0.05) is 25.7 Å². The monoisotopic (exact) mass is 199 g/mol. The van der Waals surface area contributed by atoms with E-state index in [4.69, 9.17) is 9.59 Å². The fraction of sp³-hybridized carbons (Fsp3) is 0.714. The van der Waals surface area contributed by atoms with Crippen molar-refractivity contribution in [1.82, 2.24) is 0 Å². The minimum atomic E-state index is 0. The third-order valence-corrected chi connectivity index (χ3v) is 1.52. The molecule has 4 heteroatoms. The summed E-state index contributed by atoms with van der Waals surface area (Å²) in [5.74, 6) is 0.292. The maximum atomic E-state index is 9.88. The van der Waals surface area contributed by atoms with Crippen LogP contribution in [-0.4, -0.2) is 12.4 Å². The summed E-state index contributed by atoms with van der Waals surface area (Å²) in [6.07, 6.45) is 6.91. The van der Waals surface area contributed by atoms with E-state index in [9.17, 15) is 4.79 Å². The summed E-state index contributed by atoms with van der Waals surface area (Å²) in [6, 6.07) is 0. The van der Waals surface area contributed by atoms with Crippen LogP contribution in [0.25, 0.3) is 0 Å². The van der Waals surface area contributed by atoms with Crippen LogP contribution in [0.4, 0.5) is 0 Å². The number of hydrogen-bond donors (Lipinski definition) is 0. The van der Waals surface area contributed by atoms with Gasteiger partial charge in [-0.15, -0.1) is 5.92 Å². The first-order chi connectivity index (χ1) is 4.85. The maximum absolute atomic E-state index is 9.88. The Labute approximate surface area is 75.5 Å². The van der Waals surface area contributed by atoms with Gasteiger partial charge in [0.1, 0.15) is 0 Å². The normalized spacial score (nSPS) is 15.3. The van der Waals surface area contributed by atoms with Crippen molar-refractivity contribution in [2.45, 2.75) is 25.7 Å². The Hall–Kier alpha value is -0.456. The molecule has 1 aliphatic carbocycles. The van der Waals surface area contributed by atoms with Crippen LogP contribution in [0.5, 0.6) is 0 Å². The van der Waals surface area contributed by atoms with Crippen LogP contribution in [0.15, 0.2) is 0 Å². The van der Waals surface area contributed by atoms with Crippen molar-refractivity contribution in [2.75, 3.05) is 0 Å². The molecule has 1 aliphatic rings. The summed E-state index contributed by atoms with van der Waals surface area (Å²) in [5.41, 5.74) is 0. The molecule has 0 aromatic carbocycles. The molecule has 0 amide bonds. The summed E-state index contributed by atoms with van der Waals surface area (Å²) in [7, 11) is 0. The number of carbonyl (C=O) groups excluding carboxylic acids is 3. The summed E-state index contributed by atoms with van der Waals surface area (Å²) < 4.78 is 0. The van der Waals surface area contributed by atoms with E-state index in [1.165, 1.54) is 12.8 Å². The first kappa shape index (κ1) is 13.2. The Bertz CT molecular complexity index is 124. The van der Waals surface area contributed by atoms with Crippen molar-refractivity contribution in [3.05, 3.63) is 0 Å². The van der Waals surface area contributed by atoms with Gasteiger partial charge in [0.15, 0.2) is 0 Å². The molecular formula is C7H9NiO3-. The summed E-state index contributed by atoms with van der Waals surface area (Å²) in [6.45, 7) is 0. The Kier molecular flexibility index (Phi) is 11.4. The molecule has 0 spiro atoms. The van der Waals surface area contributed by atoms with Gasteiger partial charge in [-0.25, -0.2) is 0 Å². The Morgan fingerprint density at radius 3 is 1.73 bits per heavy atom. The van der Waals surface area contributed by atoms with Crippen molar-refractivity contribution >= 4 is 12.4 Å². The molecule has 3 nitrogen and oxygen atoms in total. The second kappa shape index (κ2) is 9.54. The van der Waals surface area contributed by atoms with E-state index in [1.807, 2.05) is 6.29 Å². The van der Waals surface area contributed by atoms with Gasteiger partial charge in [0.05, 0.1) is 0 Å². The van der Waals surface area contributed by atoms with Crippen LogP contribution in [0.2, 0.25) is 0 Å². The van der Waals surface area contributed by atoms with Gasteiger partial charge in [0.2, 0.25) is 0 Å². The van der Waals surface area contributed by atoms with E-state index < -0.39 is 0 Å². The third kappa shape index (κ3) is 7.44. The molecule has 1 fully saturated rings. The van der Waals surface area contributed by atoms with Gasteiger partial charge in [0.25, 0.3) is 0 Å². The second-order valence-corrected chi connectivity index (χ2v) is 2.18. The second-order valence-electron chi connectivity index (χ2n) is 2.18. The first-order valence-corrected chi connectivity index (χ1v) is 3.22. The van der Waals surface area contributed by atoms with Crippen LogP contribution in [0.3, 0.4) is 0 Å². The summed E-state index contributed by atoms with van der Waals surface area (Å²) in [5, 5.41) is 0. The molecule has 66 valence electrons. The number of rotatable bonds is 1. The Morgan fingerprint density at radius 1 is 1.18 bits per heavy atom. The Balaban J connectivity index is 0. The fourth-order valence-electron chi connectivity index (χ4n) is 1.04. The van der Waals surface area contributed by atoms with E-state index in [2.05, 4.69) is 0 Å². The summed E-state index contributed by atoms with van der Waals surface area (Å²) in [4.78, 5) is 26.1. The molecule has 0 saturated heterocycles. The van der Waals surface area contributed by atoms with Crippen LogP contribution in [0, 0.1) is 5.92 Å². The van der Waals surface area contributed by atoms with Gasteiger partial charge in [-0.2, -0.15) is 9.59 Å². The number of hydrogen-bond acceptors (Lipinski definition) is 3. The predicted octanol–water partition coefficient (Wildman–Crippen LogP) is 0.700. The maximum Gasteiger partial charge on any atom is 0.373 e.